The highest BCUT2D eigenvalue weighted by atomic mass is 15.0. The summed E-state index contributed by atoms with van der Waals surface area (Å²) in [6, 6.07) is 35.2. The summed E-state index contributed by atoms with van der Waals surface area (Å²) < 4.78 is 2.28. The van der Waals surface area contributed by atoms with Gasteiger partial charge in [0.2, 0.25) is 0 Å². The van der Waals surface area contributed by atoms with E-state index in [1.54, 1.807) is 0 Å². The molecule has 0 amide bonds. The molecule has 0 bridgehead atoms. The molecular weight excluding hydrogens is 378 g/mol. The Hall–Kier alpha value is -3.98. The van der Waals surface area contributed by atoms with Crippen LogP contribution in [0.1, 0.15) is 24.5 Å². The van der Waals surface area contributed by atoms with Crippen LogP contribution < -0.4 is 0 Å². The molecular formula is C28H23N3. The van der Waals surface area contributed by atoms with Crippen molar-refractivity contribution in [3.63, 3.8) is 0 Å². The number of fused-ring (bicyclic) bond motifs is 3. The van der Waals surface area contributed by atoms with Gasteiger partial charge in [0.05, 0.1) is 11.0 Å². The zero-order valence-electron chi connectivity index (χ0n) is 17.4. The average molecular weight is 402 g/mol. The summed E-state index contributed by atoms with van der Waals surface area (Å²) in [6.45, 7) is 2.07. The van der Waals surface area contributed by atoms with Crippen molar-refractivity contribution in [2.24, 2.45) is 4.99 Å². The number of aromatic nitrogens is 1. The van der Waals surface area contributed by atoms with Crippen LogP contribution in [0.5, 0.6) is 0 Å². The standard InChI is InChI=1S/C28H23N3/c1-2-25(20-10-4-3-5-11-20)30-28(29)21-16-18-22(19-17-21)31-26-14-8-6-12-23(26)24-13-7-9-15-27(24)31/h3-19,29H,2H2,1H3/b29-28?,30-25+. The molecule has 4 aromatic carbocycles. The highest BCUT2D eigenvalue weighted by Gasteiger charge is 2.12. The van der Waals surface area contributed by atoms with E-state index in [1.807, 2.05) is 42.5 Å². The second kappa shape index (κ2) is 8.04. The van der Waals surface area contributed by atoms with Crippen LogP contribution in [0.15, 0.2) is 108 Å². The van der Waals surface area contributed by atoms with Gasteiger partial charge in [-0.1, -0.05) is 73.7 Å². The van der Waals surface area contributed by atoms with E-state index in [4.69, 9.17) is 5.41 Å². The third-order valence-corrected chi connectivity index (χ3v) is 5.67. The van der Waals surface area contributed by atoms with Gasteiger partial charge < -0.3 is 4.57 Å². The predicted molar refractivity (Wildman–Crippen MR) is 131 cm³/mol. The van der Waals surface area contributed by atoms with Gasteiger partial charge in [-0.05, 0) is 48.4 Å². The van der Waals surface area contributed by atoms with Gasteiger partial charge in [-0.3, -0.25) is 5.41 Å². The predicted octanol–water partition coefficient (Wildman–Crippen LogP) is 7.01. The SMILES string of the molecule is CC/C(=N\C(=N)c1ccc(-n2c3ccccc3c3ccccc32)cc1)c1ccccc1. The third-order valence-electron chi connectivity index (χ3n) is 5.67. The highest BCUT2D eigenvalue weighted by Crippen LogP contribution is 2.31. The summed E-state index contributed by atoms with van der Waals surface area (Å²) in [7, 11) is 0. The first-order valence-electron chi connectivity index (χ1n) is 10.6. The van der Waals surface area contributed by atoms with Crippen molar-refractivity contribution in [3.05, 3.63) is 114 Å². The number of hydrogen-bond donors (Lipinski definition) is 1. The smallest absolute Gasteiger partial charge is 0.152 e. The molecule has 0 aliphatic carbocycles. The Morgan fingerprint density at radius 1 is 0.677 bits per heavy atom. The lowest BCUT2D eigenvalue weighted by molar-refractivity contribution is 1.18. The molecule has 0 radical (unpaired) electrons. The number of amidine groups is 1. The Morgan fingerprint density at radius 2 is 1.23 bits per heavy atom. The van der Waals surface area contributed by atoms with Gasteiger partial charge in [-0.25, -0.2) is 4.99 Å². The molecule has 0 spiro atoms. The van der Waals surface area contributed by atoms with E-state index in [9.17, 15) is 0 Å². The van der Waals surface area contributed by atoms with Crippen LogP contribution in [0.3, 0.4) is 0 Å². The number of nitrogens with zero attached hydrogens (tertiary/aromatic N) is 2. The minimum absolute atomic E-state index is 0.287. The zero-order chi connectivity index (χ0) is 21.2. The molecule has 0 fully saturated rings. The maximum atomic E-state index is 8.53. The molecule has 31 heavy (non-hydrogen) atoms. The number of benzene rings is 4. The fourth-order valence-electron chi connectivity index (χ4n) is 4.15. The van der Waals surface area contributed by atoms with Crippen LogP contribution in [0.4, 0.5) is 0 Å². The number of nitrogens with one attached hydrogen (secondary N) is 1. The van der Waals surface area contributed by atoms with Gasteiger partial charge in [0, 0.05) is 27.7 Å². The van der Waals surface area contributed by atoms with Crippen LogP contribution in [-0.2, 0) is 0 Å². The molecule has 0 unspecified atom stereocenters. The Balaban J connectivity index is 1.54. The van der Waals surface area contributed by atoms with Gasteiger partial charge in [0.1, 0.15) is 0 Å². The maximum Gasteiger partial charge on any atom is 0.152 e. The van der Waals surface area contributed by atoms with Crippen molar-refractivity contribution in [2.75, 3.05) is 0 Å². The van der Waals surface area contributed by atoms with Crippen LogP contribution >= 0.6 is 0 Å². The van der Waals surface area contributed by atoms with Crippen molar-refractivity contribution in [1.29, 1.82) is 5.41 Å². The Morgan fingerprint density at radius 3 is 1.81 bits per heavy atom. The monoisotopic (exact) mass is 401 g/mol. The molecule has 1 aromatic heterocycles. The van der Waals surface area contributed by atoms with Crippen molar-refractivity contribution in [1.82, 2.24) is 4.57 Å². The number of hydrogen-bond acceptors (Lipinski definition) is 1. The molecule has 3 nitrogen and oxygen atoms in total. The lowest BCUT2D eigenvalue weighted by Gasteiger charge is -2.09. The molecule has 5 rings (SSSR count). The first-order valence-corrected chi connectivity index (χ1v) is 10.6. The summed E-state index contributed by atoms with van der Waals surface area (Å²) in [5.41, 5.74) is 6.25. The Kier molecular flexibility index (Phi) is 4.93. The molecule has 0 aliphatic heterocycles. The van der Waals surface area contributed by atoms with Gasteiger partial charge in [0.25, 0.3) is 0 Å². The molecule has 0 saturated heterocycles. The lowest BCUT2D eigenvalue weighted by Crippen LogP contribution is -2.05. The fraction of sp³-hybridized carbons (Fsp3) is 0.0714. The summed E-state index contributed by atoms with van der Waals surface area (Å²) >= 11 is 0. The van der Waals surface area contributed by atoms with Gasteiger partial charge in [0.15, 0.2) is 5.84 Å². The molecule has 1 heterocycles. The van der Waals surface area contributed by atoms with Crippen molar-refractivity contribution < 1.29 is 0 Å². The molecule has 5 aromatic rings. The summed E-state index contributed by atoms with van der Waals surface area (Å²) in [4.78, 5) is 4.62. The second-order valence-corrected chi connectivity index (χ2v) is 7.54. The van der Waals surface area contributed by atoms with E-state index in [-0.39, 0.29) is 5.84 Å². The van der Waals surface area contributed by atoms with Gasteiger partial charge in [-0.15, -0.1) is 0 Å². The summed E-state index contributed by atoms with van der Waals surface area (Å²) in [5.74, 6) is 0.287. The maximum absolute atomic E-state index is 8.53. The number of aliphatic imine (C=N–C) groups is 1. The quantitative estimate of drug-likeness (QED) is 0.249. The fourth-order valence-corrected chi connectivity index (χ4v) is 4.15. The lowest BCUT2D eigenvalue weighted by atomic mass is 10.1. The van der Waals surface area contributed by atoms with E-state index in [2.05, 4.69) is 77.1 Å². The summed E-state index contributed by atoms with van der Waals surface area (Å²) in [6.07, 6.45) is 0.784. The number of rotatable bonds is 4. The van der Waals surface area contributed by atoms with Crippen LogP contribution in [0.2, 0.25) is 0 Å². The van der Waals surface area contributed by atoms with E-state index < -0.39 is 0 Å². The molecule has 150 valence electrons. The summed E-state index contributed by atoms with van der Waals surface area (Å²) in [5, 5.41) is 11.0. The minimum atomic E-state index is 0.287. The minimum Gasteiger partial charge on any atom is -0.309 e. The third kappa shape index (κ3) is 3.44. The van der Waals surface area contributed by atoms with E-state index >= 15 is 0 Å². The van der Waals surface area contributed by atoms with E-state index in [1.165, 1.54) is 21.8 Å². The van der Waals surface area contributed by atoms with Crippen molar-refractivity contribution in [2.45, 2.75) is 13.3 Å². The first-order chi connectivity index (χ1) is 15.3. The van der Waals surface area contributed by atoms with E-state index in [0.29, 0.717) is 0 Å². The van der Waals surface area contributed by atoms with Crippen LogP contribution in [0.25, 0.3) is 27.5 Å². The second-order valence-electron chi connectivity index (χ2n) is 7.54. The molecule has 0 atom stereocenters. The Bertz CT molecular complexity index is 1350. The zero-order valence-corrected chi connectivity index (χ0v) is 17.4. The highest BCUT2D eigenvalue weighted by molar-refractivity contribution is 6.11. The van der Waals surface area contributed by atoms with Crippen LogP contribution in [0, 0.1) is 5.41 Å². The topological polar surface area (TPSA) is 41.1 Å². The first kappa shape index (κ1) is 19.0. The molecule has 0 saturated carbocycles. The Labute approximate surface area is 181 Å². The van der Waals surface area contributed by atoms with Crippen molar-refractivity contribution >= 4 is 33.4 Å². The largest absolute Gasteiger partial charge is 0.309 e. The molecule has 1 N–H and O–H groups in total. The van der Waals surface area contributed by atoms with Crippen LogP contribution in [-0.4, -0.2) is 16.1 Å². The van der Waals surface area contributed by atoms with Gasteiger partial charge >= 0.3 is 0 Å². The van der Waals surface area contributed by atoms with Gasteiger partial charge in [-0.2, -0.15) is 0 Å². The molecule has 0 aliphatic rings. The van der Waals surface area contributed by atoms with Crippen molar-refractivity contribution in [3.8, 4) is 5.69 Å². The molecule has 3 heteroatoms. The normalized spacial score (nSPS) is 11.8. The number of para-hydroxylation sites is 2. The van der Waals surface area contributed by atoms with E-state index in [0.717, 1.165) is 28.9 Å². The average Bonchev–Trinajstić information content (AvgIpc) is 3.17.